The molecule has 1 saturated heterocycles. The third-order valence-corrected chi connectivity index (χ3v) is 12.0. The van der Waals surface area contributed by atoms with Crippen LogP contribution >= 0.6 is 0 Å². The molecule has 54 heavy (non-hydrogen) atoms. The second kappa shape index (κ2) is 16.3. The highest BCUT2D eigenvalue weighted by Crippen LogP contribution is 2.46. The van der Waals surface area contributed by atoms with Crippen molar-refractivity contribution < 1.29 is 41.9 Å². The first-order chi connectivity index (χ1) is 25.6. The van der Waals surface area contributed by atoms with Gasteiger partial charge < -0.3 is 25.0 Å². The summed E-state index contributed by atoms with van der Waals surface area (Å²) in [6, 6.07) is 5.17. The van der Waals surface area contributed by atoms with Crippen molar-refractivity contribution in [2.45, 2.75) is 146 Å². The molecule has 3 heterocycles. The van der Waals surface area contributed by atoms with Crippen LogP contribution < -0.4 is 20.1 Å². The van der Waals surface area contributed by atoms with Crippen LogP contribution in [0.4, 0.5) is 9.59 Å². The fourth-order valence-corrected chi connectivity index (χ4v) is 9.14. The van der Waals surface area contributed by atoms with E-state index in [1.165, 1.54) is 4.90 Å². The molecule has 5 aliphatic rings. The molecule has 0 aromatic heterocycles. The van der Waals surface area contributed by atoms with E-state index in [1.807, 2.05) is 36.4 Å². The summed E-state index contributed by atoms with van der Waals surface area (Å²) < 4.78 is 42.4. The lowest BCUT2D eigenvalue weighted by atomic mass is 9.96. The standard InChI is InChI=1S/C38H54N6O9S/c1-37(2,3)53-35(48)39-30-19-11-6-4-5-8-16-27-21-38(27,34(47)42-54(50,51)41-28-17-9-7-10-18-28)40-32(45)31-20-29(24-44(31)33(30)46)52-36(49)43-22-25-14-12-13-15-26(25)23-43/h8,12-16,27-31,41H,4-7,9-11,17-24H2,1-3H3,(H,39,48)(H,40,45)(H,42,47)/t27-,29-,30+,31+,38-/m1/s1. The molecule has 3 aliphatic heterocycles. The average Bonchev–Trinajstić information content (AvgIpc) is 3.40. The minimum absolute atomic E-state index is 0.0665. The van der Waals surface area contributed by atoms with Crippen molar-refractivity contribution in [3.63, 3.8) is 0 Å². The summed E-state index contributed by atoms with van der Waals surface area (Å²) >= 11 is 0. The molecule has 0 spiro atoms. The number of nitrogens with zero attached hydrogens (tertiary/aromatic N) is 2. The summed E-state index contributed by atoms with van der Waals surface area (Å²) in [6.07, 6.45) is 8.84. The zero-order valence-corrected chi connectivity index (χ0v) is 32.3. The molecule has 15 nitrogen and oxygen atoms in total. The Morgan fingerprint density at radius 2 is 1.61 bits per heavy atom. The van der Waals surface area contributed by atoms with E-state index in [1.54, 1.807) is 25.7 Å². The SMILES string of the molecule is CC(C)(C)OC(=O)N[C@H]1CCCCCC=C[C@@H]2C[C@@]2(C(=O)NS(=O)(=O)NC2CCCCC2)NC(=O)[C@@H]2C[C@@H](OC(=O)N3Cc4ccccc4C3)CN2C1=O. The number of ether oxygens (including phenoxy) is 2. The summed E-state index contributed by atoms with van der Waals surface area (Å²) in [7, 11) is -4.24. The Kier molecular flexibility index (Phi) is 11.9. The van der Waals surface area contributed by atoms with E-state index in [2.05, 4.69) is 20.1 Å². The zero-order valence-electron chi connectivity index (χ0n) is 31.4. The van der Waals surface area contributed by atoms with Crippen molar-refractivity contribution in [2.24, 2.45) is 5.92 Å². The summed E-state index contributed by atoms with van der Waals surface area (Å²) in [5, 5.41) is 5.54. The highest BCUT2D eigenvalue weighted by molar-refractivity contribution is 7.88. The third kappa shape index (κ3) is 9.73. The molecule has 5 atom stereocenters. The van der Waals surface area contributed by atoms with Crippen LogP contribution in [0.25, 0.3) is 0 Å². The largest absolute Gasteiger partial charge is 0.444 e. The maximum atomic E-state index is 14.4. The number of hydrogen-bond acceptors (Lipinski definition) is 9. The van der Waals surface area contributed by atoms with Crippen molar-refractivity contribution in [3.8, 4) is 0 Å². The molecule has 296 valence electrons. The van der Waals surface area contributed by atoms with Crippen LogP contribution in [0.3, 0.4) is 0 Å². The molecule has 2 saturated carbocycles. The van der Waals surface area contributed by atoms with Crippen LogP contribution in [0.2, 0.25) is 0 Å². The molecule has 3 fully saturated rings. The second-order valence-electron chi connectivity index (χ2n) is 16.3. The lowest BCUT2D eigenvalue weighted by Crippen LogP contribution is -2.59. The molecule has 0 unspecified atom stereocenters. The monoisotopic (exact) mass is 770 g/mol. The van der Waals surface area contributed by atoms with Gasteiger partial charge in [-0.25, -0.2) is 14.3 Å². The van der Waals surface area contributed by atoms with E-state index in [0.29, 0.717) is 38.8 Å². The number of alkyl carbamates (subject to hydrolysis) is 1. The van der Waals surface area contributed by atoms with Gasteiger partial charge in [-0.05, 0) is 70.4 Å². The molecule has 0 radical (unpaired) electrons. The summed E-state index contributed by atoms with van der Waals surface area (Å²) in [5.74, 6) is -2.58. The number of carbonyl (C=O) groups is 5. The van der Waals surface area contributed by atoms with Gasteiger partial charge >= 0.3 is 22.4 Å². The molecule has 0 bridgehead atoms. The van der Waals surface area contributed by atoms with E-state index in [0.717, 1.165) is 43.2 Å². The van der Waals surface area contributed by atoms with Crippen molar-refractivity contribution in [1.82, 2.24) is 29.9 Å². The molecule has 2 aliphatic carbocycles. The second-order valence-corrected chi connectivity index (χ2v) is 17.7. The lowest BCUT2D eigenvalue weighted by molar-refractivity contribution is -0.141. The van der Waals surface area contributed by atoms with Gasteiger partial charge in [0, 0.05) is 31.5 Å². The number of amides is 5. The highest BCUT2D eigenvalue weighted by atomic mass is 32.2. The van der Waals surface area contributed by atoms with Crippen LogP contribution in [0, 0.1) is 5.92 Å². The van der Waals surface area contributed by atoms with Crippen LogP contribution in [0.1, 0.15) is 109 Å². The molecule has 1 aromatic rings. The van der Waals surface area contributed by atoms with Gasteiger partial charge in [-0.3, -0.25) is 19.3 Å². The Morgan fingerprint density at radius 1 is 0.944 bits per heavy atom. The number of rotatable bonds is 6. The van der Waals surface area contributed by atoms with E-state index in [-0.39, 0.29) is 31.8 Å². The Bertz CT molecular complexity index is 1710. The quantitative estimate of drug-likeness (QED) is 0.313. The minimum atomic E-state index is -4.24. The van der Waals surface area contributed by atoms with E-state index < -0.39 is 75.4 Å². The van der Waals surface area contributed by atoms with Crippen molar-refractivity contribution >= 4 is 40.1 Å². The third-order valence-electron chi connectivity index (χ3n) is 10.9. The number of carbonyl (C=O) groups excluding carboxylic acids is 5. The summed E-state index contributed by atoms with van der Waals surface area (Å²) in [5.41, 5.74) is -0.383. The lowest BCUT2D eigenvalue weighted by Gasteiger charge is -2.30. The smallest absolute Gasteiger partial charge is 0.410 e. The summed E-state index contributed by atoms with van der Waals surface area (Å²) in [4.78, 5) is 71.8. The molecular formula is C38H54N6O9S. The molecular weight excluding hydrogens is 717 g/mol. The van der Waals surface area contributed by atoms with E-state index in [4.69, 9.17) is 9.47 Å². The number of hydrogen-bond donors (Lipinski definition) is 4. The fraction of sp³-hybridized carbons (Fsp3) is 0.658. The Labute approximate surface area is 317 Å². The first kappa shape index (κ1) is 39.5. The Hall–Kier alpha value is -4.18. The van der Waals surface area contributed by atoms with E-state index >= 15 is 0 Å². The van der Waals surface area contributed by atoms with Crippen LogP contribution in [-0.4, -0.2) is 90.0 Å². The van der Waals surface area contributed by atoms with Gasteiger partial charge in [0.05, 0.1) is 6.54 Å². The fourth-order valence-electron chi connectivity index (χ4n) is 7.98. The average molecular weight is 771 g/mol. The van der Waals surface area contributed by atoms with Crippen molar-refractivity contribution in [2.75, 3.05) is 6.54 Å². The van der Waals surface area contributed by atoms with Crippen LogP contribution in [-0.2, 0) is 47.2 Å². The van der Waals surface area contributed by atoms with Gasteiger partial charge in [-0.1, -0.05) is 68.5 Å². The maximum Gasteiger partial charge on any atom is 0.410 e. The van der Waals surface area contributed by atoms with Gasteiger partial charge in [0.25, 0.3) is 5.91 Å². The topological polar surface area (TPSA) is 193 Å². The van der Waals surface area contributed by atoms with Gasteiger partial charge in [0.2, 0.25) is 11.8 Å². The van der Waals surface area contributed by atoms with Crippen LogP contribution in [0.15, 0.2) is 36.4 Å². The van der Waals surface area contributed by atoms with Gasteiger partial charge in [-0.2, -0.15) is 13.1 Å². The first-order valence-electron chi connectivity index (χ1n) is 19.3. The number of fused-ring (bicyclic) bond motifs is 3. The molecule has 6 rings (SSSR count). The first-order valence-corrected chi connectivity index (χ1v) is 20.8. The molecule has 4 N–H and O–H groups in total. The zero-order chi connectivity index (χ0) is 38.7. The number of benzene rings is 1. The van der Waals surface area contributed by atoms with Crippen LogP contribution in [0.5, 0.6) is 0 Å². The van der Waals surface area contributed by atoms with Crippen molar-refractivity contribution in [1.29, 1.82) is 0 Å². The minimum Gasteiger partial charge on any atom is -0.444 e. The summed E-state index contributed by atoms with van der Waals surface area (Å²) in [6.45, 7) is 5.74. The Morgan fingerprint density at radius 3 is 2.30 bits per heavy atom. The van der Waals surface area contributed by atoms with E-state index in [9.17, 15) is 32.4 Å². The van der Waals surface area contributed by atoms with Gasteiger partial charge in [0.1, 0.15) is 29.3 Å². The Balaban J connectivity index is 1.23. The molecule has 5 amide bonds. The maximum absolute atomic E-state index is 14.4. The van der Waals surface area contributed by atoms with Crippen molar-refractivity contribution in [3.05, 3.63) is 47.5 Å². The van der Waals surface area contributed by atoms with Gasteiger partial charge in [-0.15, -0.1) is 0 Å². The number of allylic oxidation sites excluding steroid dienone is 1. The molecule has 16 heteroatoms. The van der Waals surface area contributed by atoms with Gasteiger partial charge in [0.15, 0.2) is 0 Å². The normalized spacial score (nSPS) is 28.1. The highest BCUT2D eigenvalue weighted by Gasteiger charge is 2.62. The predicted octanol–water partition coefficient (Wildman–Crippen LogP) is 3.68. The molecule has 1 aromatic carbocycles. The number of nitrogens with one attached hydrogen (secondary N) is 4. The predicted molar refractivity (Wildman–Crippen MR) is 198 cm³/mol.